The first-order valence-electron chi connectivity index (χ1n) is 9.95. The molecule has 0 spiro atoms. The van der Waals surface area contributed by atoms with Gasteiger partial charge in [0.15, 0.2) is 17.0 Å². The molecule has 18 heteroatoms. The number of hydrogen-bond donors (Lipinski definition) is 0. The Balaban J connectivity index is 2.48. The molecule has 210 valence electrons. The second-order valence-electron chi connectivity index (χ2n) is 7.63. The van der Waals surface area contributed by atoms with Crippen molar-refractivity contribution in [1.29, 1.82) is 0 Å². The van der Waals surface area contributed by atoms with E-state index in [0.29, 0.717) is 0 Å². The monoisotopic (exact) mass is 586 g/mol. The highest BCUT2D eigenvalue weighted by Crippen LogP contribution is 2.51. The number of halogens is 12. The molecule has 1 aliphatic heterocycles. The molecule has 0 saturated carbocycles. The SMILES string of the molecule is Cc1cccc(C)c1N1C(c2ccccc2)=NC(C(F)(F)F)(C(F)(F)F)N=S1ON(C(F)(F)F)C(F)(F)F. The molecular weight excluding hydrogens is 572 g/mol. The summed E-state index contributed by atoms with van der Waals surface area (Å²) >= 11 is -3.90. The van der Waals surface area contributed by atoms with Crippen molar-refractivity contribution in [2.75, 3.05) is 4.31 Å². The average Bonchev–Trinajstić information content (AvgIpc) is 2.75. The Labute approximate surface area is 208 Å². The first kappa shape index (κ1) is 29.7. The standard InChI is InChI=1S/C20H14F12N4OS/c1-11-7-6-8-12(2)14(11)35-15(13-9-4-3-5-10-13)33-16(17(21,22)23,18(24,25)26)34-38(35)37-36(19(27,28)29)20(30,31)32/h3-10H,1-2H3. The second kappa shape index (κ2) is 9.71. The fourth-order valence-corrected chi connectivity index (χ4v) is 4.96. The van der Waals surface area contributed by atoms with Gasteiger partial charge in [-0.15, -0.1) is 0 Å². The Kier molecular flexibility index (Phi) is 7.59. The number of benzene rings is 2. The topological polar surface area (TPSA) is 40.4 Å². The first-order chi connectivity index (χ1) is 17.2. The summed E-state index contributed by atoms with van der Waals surface area (Å²) in [6, 6.07) is 9.50. The first-order valence-corrected chi connectivity index (χ1v) is 11.0. The molecule has 0 fully saturated rings. The van der Waals surface area contributed by atoms with Crippen LogP contribution in [0.2, 0.25) is 0 Å². The van der Waals surface area contributed by atoms with Crippen molar-refractivity contribution in [3.8, 4) is 0 Å². The van der Waals surface area contributed by atoms with E-state index in [4.69, 9.17) is 0 Å². The molecule has 0 amide bonds. The molecule has 0 radical (unpaired) electrons. The summed E-state index contributed by atoms with van der Waals surface area (Å²) in [7, 11) is 0. The second-order valence-corrected chi connectivity index (χ2v) is 8.79. The van der Waals surface area contributed by atoms with Gasteiger partial charge in [-0.3, -0.25) is 0 Å². The summed E-state index contributed by atoms with van der Waals surface area (Å²) in [6.07, 6.45) is -25.8. The van der Waals surface area contributed by atoms with Crippen molar-refractivity contribution in [2.24, 2.45) is 9.36 Å². The zero-order chi connectivity index (χ0) is 28.9. The number of amidine groups is 1. The molecule has 0 N–H and O–H groups in total. The fraction of sp³-hybridized carbons (Fsp3) is 0.350. The quantitative estimate of drug-likeness (QED) is 0.215. The van der Waals surface area contributed by atoms with E-state index >= 15 is 0 Å². The molecule has 0 saturated heterocycles. The van der Waals surface area contributed by atoms with Gasteiger partial charge in [-0.2, -0.15) is 61.3 Å². The third-order valence-electron chi connectivity index (χ3n) is 4.89. The molecule has 1 atom stereocenters. The lowest BCUT2D eigenvalue weighted by Crippen LogP contribution is -2.60. The van der Waals surface area contributed by atoms with Gasteiger partial charge in [-0.25, -0.2) is 9.30 Å². The van der Waals surface area contributed by atoms with Crippen LogP contribution in [0.5, 0.6) is 0 Å². The smallest absolute Gasteiger partial charge is 0.235 e. The van der Waals surface area contributed by atoms with Crippen LogP contribution in [0.25, 0.3) is 0 Å². The van der Waals surface area contributed by atoms with Gasteiger partial charge in [0.05, 0.1) is 5.69 Å². The number of alkyl halides is 12. The van der Waals surface area contributed by atoms with Crippen LogP contribution in [0.3, 0.4) is 0 Å². The number of hydrogen-bond acceptors (Lipinski definition) is 5. The summed E-state index contributed by atoms with van der Waals surface area (Å²) in [4.78, 5) is 2.82. The van der Waals surface area contributed by atoms with Crippen LogP contribution in [0.4, 0.5) is 58.4 Å². The summed E-state index contributed by atoms with van der Waals surface area (Å²) in [5.74, 6) is -1.28. The molecule has 2 aromatic rings. The minimum absolute atomic E-state index is 0.0435. The molecule has 38 heavy (non-hydrogen) atoms. The van der Waals surface area contributed by atoms with Gasteiger partial charge >= 0.3 is 30.6 Å². The van der Waals surface area contributed by atoms with Crippen molar-refractivity contribution < 1.29 is 57.0 Å². The van der Waals surface area contributed by atoms with Crippen LogP contribution < -0.4 is 4.31 Å². The normalized spacial score (nSPS) is 18.9. The minimum atomic E-state index is -6.45. The molecule has 2 aromatic carbocycles. The van der Waals surface area contributed by atoms with E-state index in [0.717, 1.165) is 24.3 Å². The van der Waals surface area contributed by atoms with Crippen LogP contribution in [0, 0.1) is 13.8 Å². The summed E-state index contributed by atoms with van der Waals surface area (Å²) in [5, 5.41) is -2.61. The lowest BCUT2D eigenvalue weighted by Gasteiger charge is -2.40. The maximum absolute atomic E-state index is 14.0. The molecule has 1 aliphatic rings. The predicted molar refractivity (Wildman–Crippen MR) is 111 cm³/mol. The zero-order valence-corrected chi connectivity index (χ0v) is 19.6. The van der Waals surface area contributed by atoms with Crippen LogP contribution >= 0.6 is 0 Å². The van der Waals surface area contributed by atoms with Gasteiger partial charge < -0.3 is 0 Å². The molecule has 0 bridgehead atoms. The highest BCUT2D eigenvalue weighted by molar-refractivity contribution is 7.85. The summed E-state index contributed by atoms with van der Waals surface area (Å²) in [6.45, 7) is 2.54. The molecule has 0 aromatic heterocycles. The molecule has 3 rings (SSSR count). The number of para-hydroxylation sites is 1. The van der Waals surface area contributed by atoms with Crippen LogP contribution in [-0.2, 0) is 15.4 Å². The molecule has 1 unspecified atom stereocenters. The van der Waals surface area contributed by atoms with Crippen molar-refractivity contribution in [1.82, 2.24) is 5.06 Å². The van der Waals surface area contributed by atoms with Gasteiger partial charge in [0.2, 0.25) is 0 Å². The number of aryl methyl sites for hydroxylation is 2. The number of anilines is 1. The number of hydroxylamine groups is 2. The van der Waals surface area contributed by atoms with E-state index in [1.807, 2.05) is 0 Å². The largest absolute Gasteiger partial charge is 0.491 e. The highest BCUT2D eigenvalue weighted by atomic mass is 32.2. The van der Waals surface area contributed by atoms with Crippen LogP contribution in [0.1, 0.15) is 16.7 Å². The number of aliphatic imine (C=N–C) groups is 1. The Morgan fingerprint density at radius 2 is 1.21 bits per heavy atom. The number of rotatable bonds is 4. The average molecular weight is 586 g/mol. The lowest BCUT2D eigenvalue weighted by atomic mass is 10.1. The molecule has 5 nitrogen and oxygen atoms in total. The van der Waals surface area contributed by atoms with Gasteiger partial charge in [0.25, 0.3) is 0 Å². The van der Waals surface area contributed by atoms with Crippen LogP contribution in [-0.4, -0.2) is 41.5 Å². The van der Waals surface area contributed by atoms with E-state index in [1.165, 1.54) is 38.1 Å². The summed E-state index contributed by atoms with van der Waals surface area (Å²) < 4.78 is 170. The lowest BCUT2D eigenvalue weighted by molar-refractivity contribution is -0.453. The highest BCUT2D eigenvalue weighted by Gasteiger charge is 2.74. The van der Waals surface area contributed by atoms with Gasteiger partial charge in [-0.1, -0.05) is 48.5 Å². The number of nitrogens with zero attached hydrogens (tertiary/aromatic N) is 4. The van der Waals surface area contributed by atoms with Crippen molar-refractivity contribution >= 4 is 22.7 Å². The Hall–Kier alpha value is -2.86. The Bertz CT molecular complexity index is 1190. The van der Waals surface area contributed by atoms with E-state index in [1.54, 1.807) is 0 Å². The predicted octanol–water partition coefficient (Wildman–Crippen LogP) is 7.30. The van der Waals surface area contributed by atoms with Crippen molar-refractivity contribution in [3.05, 3.63) is 65.2 Å². The van der Waals surface area contributed by atoms with Crippen molar-refractivity contribution in [3.63, 3.8) is 0 Å². The summed E-state index contributed by atoms with van der Waals surface area (Å²) in [5.41, 5.74) is -6.26. The zero-order valence-electron chi connectivity index (χ0n) is 18.8. The molecule has 0 aliphatic carbocycles. The van der Waals surface area contributed by atoms with Gasteiger partial charge in [0, 0.05) is 10.6 Å². The van der Waals surface area contributed by atoms with E-state index in [2.05, 4.69) is 13.6 Å². The third kappa shape index (κ3) is 5.47. The third-order valence-corrected chi connectivity index (χ3v) is 6.26. The van der Waals surface area contributed by atoms with Crippen molar-refractivity contribution in [2.45, 2.75) is 44.5 Å². The van der Waals surface area contributed by atoms with E-state index in [9.17, 15) is 52.7 Å². The molecular formula is C20H14F12N4OS. The Morgan fingerprint density at radius 3 is 1.63 bits per heavy atom. The molecule has 1 heterocycles. The fourth-order valence-electron chi connectivity index (χ4n) is 3.26. The minimum Gasteiger partial charge on any atom is -0.235 e. The van der Waals surface area contributed by atoms with E-state index in [-0.39, 0.29) is 21.1 Å². The van der Waals surface area contributed by atoms with Gasteiger partial charge in [-0.05, 0) is 25.0 Å². The maximum atomic E-state index is 14.0. The maximum Gasteiger partial charge on any atom is 0.491 e. The Morgan fingerprint density at radius 1 is 0.737 bits per heavy atom. The van der Waals surface area contributed by atoms with Gasteiger partial charge in [0.1, 0.15) is 0 Å². The van der Waals surface area contributed by atoms with E-state index < -0.39 is 58.2 Å². The van der Waals surface area contributed by atoms with Crippen LogP contribution in [0.15, 0.2) is 57.9 Å².